The Balaban J connectivity index is 3.28. The zero-order valence-electron chi connectivity index (χ0n) is 5.29. The Labute approximate surface area is 81.8 Å². The molecule has 0 saturated heterocycles. The number of halogens is 3. The van der Waals surface area contributed by atoms with E-state index in [0.717, 1.165) is 14.0 Å². The second-order valence-electron chi connectivity index (χ2n) is 2.02. The maximum absolute atomic E-state index is 5.81. The third-order valence-electron chi connectivity index (χ3n) is 1.20. The monoisotopic (exact) mass is 282 g/mol. The van der Waals surface area contributed by atoms with E-state index in [1.54, 1.807) is 0 Å². The van der Waals surface area contributed by atoms with Gasteiger partial charge in [0.2, 0.25) is 0 Å². The van der Waals surface area contributed by atoms with Crippen molar-refractivity contribution >= 4 is 43.5 Å². The van der Waals surface area contributed by atoms with E-state index in [0.29, 0.717) is 0 Å². The van der Waals surface area contributed by atoms with Crippen LogP contribution in [-0.4, -0.2) is 0 Å². The minimum absolute atomic E-state index is 0.734. The third-order valence-corrected chi connectivity index (χ3v) is 3.25. The quantitative estimate of drug-likeness (QED) is 0.627. The molecule has 0 heterocycles. The topological polar surface area (TPSA) is 0 Å². The standard InChI is InChI=1S/C7H5Br2Cl/c1-4-2-6(9)7(10)3-5(4)8/h2-3H,1H3. The SMILES string of the molecule is Cc1cc(Br)c(Cl)cc1Br. The van der Waals surface area contributed by atoms with Crippen molar-refractivity contribution in [2.45, 2.75) is 6.92 Å². The summed E-state index contributed by atoms with van der Waals surface area (Å²) >= 11 is 12.5. The van der Waals surface area contributed by atoms with E-state index in [1.807, 2.05) is 19.1 Å². The van der Waals surface area contributed by atoms with Crippen LogP contribution in [-0.2, 0) is 0 Å². The summed E-state index contributed by atoms with van der Waals surface area (Å²) in [4.78, 5) is 0. The Hall–Kier alpha value is 0.470. The summed E-state index contributed by atoms with van der Waals surface area (Å²) in [5, 5.41) is 0.734. The molecule has 10 heavy (non-hydrogen) atoms. The molecule has 0 radical (unpaired) electrons. The molecule has 0 bridgehead atoms. The lowest BCUT2D eigenvalue weighted by molar-refractivity contribution is 1.41. The lowest BCUT2D eigenvalue weighted by Crippen LogP contribution is -1.76. The average molecular weight is 284 g/mol. The minimum atomic E-state index is 0.734. The van der Waals surface area contributed by atoms with Gasteiger partial charge in [-0.2, -0.15) is 0 Å². The summed E-state index contributed by atoms with van der Waals surface area (Å²) < 4.78 is 1.98. The molecule has 0 N–H and O–H groups in total. The van der Waals surface area contributed by atoms with Gasteiger partial charge in [0.1, 0.15) is 0 Å². The van der Waals surface area contributed by atoms with Crippen molar-refractivity contribution in [3.63, 3.8) is 0 Å². The van der Waals surface area contributed by atoms with Crippen molar-refractivity contribution in [3.8, 4) is 0 Å². The molecule has 0 aliphatic carbocycles. The third kappa shape index (κ3) is 1.74. The highest BCUT2D eigenvalue weighted by Gasteiger charge is 1.99. The number of rotatable bonds is 0. The van der Waals surface area contributed by atoms with E-state index >= 15 is 0 Å². The first-order valence-corrected chi connectivity index (χ1v) is 4.69. The van der Waals surface area contributed by atoms with Crippen LogP contribution in [0.2, 0.25) is 5.02 Å². The van der Waals surface area contributed by atoms with Crippen LogP contribution in [0.1, 0.15) is 5.56 Å². The molecule has 54 valence electrons. The second-order valence-corrected chi connectivity index (χ2v) is 4.13. The van der Waals surface area contributed by atoms with Crippen LogP contribution in [0.3, 0.4) is 0 Å². The molecule has 0 atom stereocenters. The number of benzene rings is 1. The summed E-state index contributed by atoms with van der Waals surface area (Å²) in [6.07, 6.45) is 0. The fraction of sp³-hybridized carbons (Fsp3) is 0.143. The van der Waals surface area contributed by atoms with Gasteiger partial charge >= 0.3 is 0 Å². The van der Waals surface area contributed by atoms with Crippen molar-refractivity contribution in [1.29, 1.82) is 0 Å². The molecule has 1 aromatic rings. The number of hydrogen-bond donors (Lipinski definition) is 0. The van der Waals surface area contributed by atoms with Gasteiger partial charge in [0.05, 0.1) is 5.02 Å². The summed E-state index contributed by atoms with van der Waals surface area (Å²) in [5.41, 5.74) is 1.18. The lowest BCUT2D eigenvalue weighted by atomic mass is 10.2. The van der Waals surface area contributed by atoms with Crippen molar-refractivity contribution in [2.24, 2.45) is 0 Å². The summed E-state index contributed by atoms with van der Waals surface area (Å²) in [7, 11) is 0. The average Bonchev–Trinajstić information content (AvgIpc) is 1.84. The van der Waals surface area contributed by atoms with Gasteiger partial charge in [0.15, 0.2) is 0 Å². The summed E-state index contributed by atoms with van der Waals surface area (Å²) in [6, 6.07) is 3.85. The minimum Gasteiger partial charge on any atom is -0.0831 e. The first-order valence-electron chi connectivity index (χ1n) is 2.72. The maximum atomic E-state index is 5.81. The predicted octanol–water partition coefficient (Wildman–Crippen LogP) is 4.17. The van der Waals surface area contributed by atoms with E-state index in [4.69, 9.17) is 11.6 Å². The predicted molar refractivity (Wildman–Crippen MR) is 51.6 cm³/mol. The van der Waals surface area contributed by atoms with Crippen LogP contribution in [0, 0.1) is 6.92 Å². The fourth-order valence-corrected chi connectivity index (χ4v) is 1.72. The molecule has 0 aliphatic heterocycles. The number of hydrogen-bond acceptors (Lipinski definition) is 0. The van der Waals surface area contributed by atoms with E-state index < -0.39 is 0 Å². The van der Waals surface area contributed by atoms with E-state index in [1.165, 1.54) is 5.56 Å². The van der Waals surface area contributed by atoms with Crippen LogP contribution >= 0.6 is 43.5 Å². The molecule has 1 aromatic carbocycles. The smallest absolute Gasteiger partial charge is 0.0559 e. The Bertz CT molecular complexity index is 208. The van der Waals surface area contributed by atoms with E-state index in [-0.39, 0.29) is 0 Å². The Morgan fingerprint density at radius 3 is 2.30 bits per heavy atom. The van der Waals surface area contributed by atoms with E-state index in [9.17, 15) is 0 Å². The van der Waals surface area contributed by atoms with Gasteiger partial charge in [-0.15, -0.1) is 0 Å². The van der Waals surface area contributed by atoms with Gasteiger partial charge in [-0.3, -0.25) is 0 Å². The molecule has 0 fully saturated rings. The highest BCUT2D eigenvalue weighted by atomic mass is 79.9. The van der Waals surface area contributed by atoms with Crippen molar-refractivity contribution < 1.29 is 0 Å². The first-order chi connectivity index (χ1) is 4.61. The van der Waals surface area contributed by atoms with Crippen LogP contribution in [0.4, 0.5) is 0 Å². The van der Waals surface area contributed by atoms with Crippen molar-refractivity contribution in [3.05, 3.63) is 31.7 Å². The summed E-state index contributed by atoms with van der Waals surface area (Å²) in [6.45, 7) is 2.02. The van der Waals surface area contributed by atoms with Crippen LogP contribution < -0.4 is 0 Å². The van der Waals surface area contributed by atoms with E-state index in [2.05, 4.69) is 31.9 Å². The highest BCUT2D eigenvalue weighted by molar-refractivity contribution is 9.11. The largest absolute Gasteiger partial charge is 0.0831 e. The van der Waals surface area contributed by atoms with Crippen molar-refractivity contribution in [1.82, 2.24) is 0 Å². The van der Waals surface area contributed by atoms with Gasteiger partial charge < -0.3 is 0 Å². The first kappa shape index (κ1) is 8.57. The van der Waals surface area contributed by atoms with Crippen LogP contribution in [0.25, 0.3) is 0 Å². The lowest BCUT2D eigenvalue weighted by Gasteiger charge is -1.99. The molecule has 3 heteroatoms. The molecule has 1 rings (SSSR count). The van der Waals surface area contributed by atoms with Crippen LogP contribution in [0.5, 0.6) is 0 Å². The zero-order valence-corrected chi connectivity index (χ0v) is 9.22. The Morgan fingerprint density at radius 1 is 1.20 bits per heavy atom. The Kier molecular flexibility index (Phi) is 2.78. The molecule has 0 aromatic heterocycles. The molecular formula is C7H5Br2Cl. The molecule has 0 spiro atoms. The second kappa shape index (κ2) is 3.24. The highest BCUT2D eigenvalue weighted by Crippen LogP contribution is 2.28. The zero-order chi connectivity index (χ0) is 7.72. The fourth-order valence-electron chi connectivity index (χ4n) is 0.622. The van der Waals surface area contributed by atoms with Gasteiger partial charge in [-0.05, 0) is 40.5 Å². The normalized spacial score (nSPS) is 10.0. The molecule has 0 amide bonds. The number of aryl methyl sites for hydroxylation is 1. The Morgan fingerprint density at radius 2 is 1.80 bits per heavy atom. The molecule has 0 aliphatic rings. The van der Waals surface area contributed by atoms with Gasteiger partial charge in [-0.1, -0.05) is 27.5 Å². The van der Waals surface area contributed by atoms with Gasteiger partial charge in [-0.25, -0.2) is 0 Å². The summed E-state index contributed by atoms with van der Waals surface area (Å²) in [5.74, 6) is 0. The maximum Gasteiger partial charge on any atom is 0.0559 e. The molecule has 0 nitrogen and oxygen atoms in total. The van der Waals surface area contributed by atoms with Crippen LogP contribution in [0.15, 0.2) is 21.1 Å². The molecule has 0 saturated carbocycles. The van der Waals surface area contributed by atoms with Gasteiger partial charge in [0.25, 0.3) is 0 Å². The van der Waals surface area contributed by atoms with Crippen molar-refractivity contribution in [2.75, 3.05) is 0 Å². The molecule has 0 unspecified atom stereocenters. The van der Waals surface area contributed by atoms with Gasteiger partial charge in [0, 0.05) is 8.95 Å². The molecular weight excluding hydrogens is 279 g/mol.